The van der Waals surface area contributed by atoms with E-state index in [0.29, 0.717) is 17.0 Å². The monoisotopic (exact) mass is 434 g/mol. The van der Waals surface area contributed by atoms with E-state index in [1.807, 2.05) is 38.1 Å². The van der Waals surface area contributed by atoms with Crippen molar-refractivity contribution in [3.63, 3.8) is 0 Å². The van der Waals surface area contributed by atoms with E-state index in [1.165, 1.54) is 0 Å². The molecule has 166 valence electrons. The Morgan fingerprint density at radius 1 is 1.19 bits per heavy atom. The van der Waals surface area contributed by atoms with Crippen LogP contribution in [0.15, 0.2) is 36.4 Å². The van der Waals surface area contributed by atoms with E-state index in [4.69, 9.17) is 9.47 Å². The van der Waals surface area contributed by atoms with E-state index in [-0.39, 0.29) is 19.1 Å². The molecule has 3 aliphatic rings. The fraction of sp³-hybridized carbons (Fsp3) is 0.400. The van der Waals surface area contributed by atoms with Crippen LogP contribution in [0.3, 0.4) is 0 Å². The molecule has 2 aromatic rings. The average Bonchev–Trinajstić information content (AvgIpc) is 2.99. The van der Waals surface area contributed by atoms with Gasteiger partial charge in [0.2, 0.25) is 0 Å². The van der Waals surface area contributed by atoms with Gasteiger partial charge in [-0.2, -0.15) is 0 Å². The van der Waals surface area contributed by atoms with E-state index in [1.54, 1.807) is 30.9 Å². The molecule has 4 atom stereocenters. The number of nitrogens with one attached hydrogen (secondary N) is 1. The number of benzene rings is 2. The third kappa shape index (κ3) is 2.70. The maximum Gasteiger partial charge on any atom is 0.312 e. The smallest absolute Gasteiger partial charge is 0.312 e. The van der Waals surface area contributed by atoms with Crippen LogP contribution in [0.25, 0.3) is 0 Å². The Morgan fingerprint density at radius 3 is 2.66 bits per heavy atom. The Bertz CT molecular complexity index is 1160. The molecular weight excluding hydrogens is 408 g/mol. The number of amides is 2. The molecule has 0 aromatic heterocycles. The van der Waals surface area contributed by atoms with Crippen molar-refractivity contribution in [2.75, 3.05) is 18.5 Å². The summed E-state index contributed by atoms with van der Waals surface area (Å²) in [5, 5.41) is 2.93. The Balaban J connectivity index is 1.76. The second-order valence-electron chi connectivity index (χ2n) is 9.02. The summed E-state index contributed by atoms with van der Waals surface area (Å²) < 4.78 is 11.4. The molecule has 32 heavy (non-hydrogen) atoms. The molecule has 2 amide bonds. The lowest BCUT2D eigenvalue weighted by Gasteiger charge is -2.38. The fourth-order valence-corrected chi connectivity index (χ4v) is 5.55. The van der Waals surface area contributed by atoms with Crippen molar-refractivity contribution >= 4 is 23.5 Å². The first-order valence-corrected chi connectivity index (χ1v) is 10.9. The van der Waals surface area contributed by atoms with Gasteiger partial charge in [0.25, 0.3) is 11.8 Å². The Kier molecular flexibility index (Phi) is 4.55. The Morgan fingerprint density at radius 2 is 1.91 bits per heavy atom. The summed E-state index contributed by atoms with van der Waals surface area (Å²) in [6, 6.07) is 10.7. The summed E-state index contributed by atoms with van der Waals surface area (Å²) >= 11 is 0. The van der Waals surface area contributed by atoms with Gasteiger partial charge in [0.1, 0.15) is 11.3 Å². The summed E-state index contributed by atoms with van der Waals surface area (Å²) in [7, 11) is 0. The predicted molar refractivity (Wildman–Crippen MR) is 117 cm³/mol. The normalized spacial score (nSPS) is 27.9. The van der Waals surface area contributed by atoms with E-state index < -0.39 is 35.3 Å². The molecule has 7 heteroatoms. The van der Waals surface area contributed by atoms with Crippen LogP contribution in [0.5, 0.6) is 5.75 Å². The molecule has 0 radical (unpaired) electrons. The SMILES string of the molecule is CCOC(=O)[C@H]1[C@H]2COc3ccc(C)cc3[C@@H]2N2C(=O)c3ccc(C)cc3NC(=O)[C@@]12C. The van der Waals surface area contributed by atoms with Crippen molar-refractivity contribution in [2.24, 2.45) is 11.8 Å². The number of carbonyl (C=O) groups excluding carboxylic acids is 3. The van der Waals surface area contributed by atoms with Crippen molar-refractivity contribution in [2.45, 2.75) is 39.3 Å². The third-order valence-electron chi connectivity index (χ3n) is 7.01. The number of rotatable bonds is 2. The number of carbonyl (C=O) groups is 3. The molecule has 2 aromatic carbocycles. The largest absolute Gasteiger partial charge is 0.493 e. The van der Waals surface area contributed by atoms with Crippen molar-refractivity contribution in [1.29, 1.82) is 0 Å². The molecular formula is C25H26N2O5. The molecule has 1 N–H and O–H groups in total. The van der Waals surface area contributed by atoms with Gasteiger partial charge in [0.15, 0.2) is 0 Å². The van der Waals surface area contributed by atoms with Gasteiger partial charge in [0.05, 0.1) is 36.4 Å². The molecule has 3 aliphatic heterocycles. The lowest BCUT2D eigenvalue weighted by molar-refractivity contribution is -0.155. The van der Waals surface area contributed by atoms with E-state index in [9.17, 15) is 14.4 Å². The molecule has 5 rings (SSSR count). The number of ether oxygens (including phenoxy) is 2. The summed E-state index contributed by atoms with van der Waals surface area (Å²) in [6.45, 7) is 7.69. The van der Waals surface area contributed by atoms with Crippen LogP contribution >= 0.6 is 0 Å². The predicted octanol–water partition coefficient (Wildman–Crippen LogP) is 3.40. The first kappa shape index (κ1) is 20.5. The summed E-state index contributed by atoms with van der Waals surface area (Å²) in [6.07, 6.45) is 0. The topological polar surface area (TPSA) is 84.9 Å². The van der Waals surface area contributed by atoms with Crippen LogP contribution in [0.1, 0.15) is 46.9 Å². The number of fused-ring (bicyclic) bond motifs is 6. The molecule has 0 bridgehead atoms. The van der Waals surface area contributed by atoms with Crippen molar-refractivity contribution < 1.29 is 23.9 Å². The fourth-order valence-electron chi connectivity index (χ4n) is 5.55. The Labute approximate surface area is 186 Å². The molecule has 0 saturated carbocycles. The highest BCUT2D eigenvalue weighted by Crippen LogP contribution is 2.56. The lowest BCUT2D eigenvalue weighted by Crippen LogP contribution is -2.57. The number of aryl methyl sites for hydroxylation is 2. The van der Waals surface area contributed by atoms with Crippen LogP contribution in [-0.4, -0.2) is 41.4 Å². The first-order valence-electron chi connectivity index (χ1n) is 10.9. The van der Waals surface area contributed by atoms with Gasteiger partial charge in [-0.15, -0.1) is 0 Å². The zero-order valence-electron chi connectivity index (χ0n) is 18.6. The molecule has 0 spiro atoms. The molecule has 7 nitrogen and oxygen atoms in total. The number of hydrogen-bond donors (Lipinski definition) is 1. The quantitative estimate of drug-likeness (QED) is 0.733. The maximum atomic E-state index is 14.0. The van der Waals surface area contributed by atoms with Crippen LogP contribution in [-0.2, 0) is 14.3 Å². The van der Waals surface area contributed by atoms with E-state index >= 15 is 0 Å². The maximum absolute atomic E-state index is 14.0. The summed E-state index contributed by atoms with van der Waals surface area (Å²) in [5.74, 6) is -1.76. The molecule has 3 heterocycles. The highest BCUT2D eigenvalue weighted by atomic mass is 16.5. The number of anilines is 1. The minimum absolute atomic E-state index is 0.189. The molecule has 1 saturated heterocycles. The van der Waals surface area contributed by atoms with Crippen LogP contribution in [0.4, 0.5) is 5.69 Å². The van der Waals surface area contributed by atoms with Gasteiger partial charge < -0.3 is 19.7 Å². The van der Waals surface area contributed by atoms with E-state index in [2.05, 4.69) is 5.32 Å². The van der Waals surface area contributed by atoms with Crippen molar-refractivity contribution in [3.8, 4) is 5.75 Å². The third-order valence-corrected chi connectivity index (χ3v) is 7.01. The van der Waals surface area contributed by atoms with Gasteiger partial charge >= 0.3 is 5.97 Å². The first-order chi connectivity index (χ1) is 15.3. The van der Waals surface area contributed by atoms with Crippen LogP contribution < -0.4 is 10.1 Å². The average molecular weight is 434 g/mol. The van der Waals surface area contributed by atoms with Crippen LogP contribution in [0, 0.1) is 25.7 Å². The standard InChI is InChI=1S/C25H26N2O5/c1-5-31-23(29)20-17-12-32-19-9-7-13(2)10-16(19)21(17)27-22(28)15-8-6-14(3)11-18(15)26-24(30)25(20,27)4/h6-11,17,20-21H,5,12H2,1-4H3,(H,26,30)/t17-,20-,21+,25-/m1/s1. The van der Waals surface area contributed by atoms with Crippen molar-refractivity contribution in [1.82, 2.24) is 4.90 Å². The number of nitrogens with zero attached hydrogens (tertiary/aromatic N) is 1. The number of hydrogen-bond acceptors (Lipinski definition) is 5. The van der Waals surface area contributed by atoms with Gasteiger partial charge in [0, 0.05) is 11.5 Å². The van der Waals surface area contributed by atoms with Gasteiger partial charge in [-0.05, 0) is 51.5 Å². The highest BCUT2D eigenvalue weighted by molar-refractivity contribution is 6.13. The van der Waals surface area contributed by atoms with E-state index in [0.717, 1.165) is 16.7 Å². The highest BCUT2D eigenvalue weighted by Gasteiger charge is 2.67. The molecule has 0 unspecified atom stereocenters. The van der Waals surface area contributed by atoms with Crippen molar-refractivity contribution in [3.05, 3.63) is 58.7 Å². The molecule has 0 aliphatic carbocycles. The van der Waals surface area contributed by atoms with Gasteiger partial charge in [-0.1, -0.05) is 23.8 Å². The summed E-state index contributed by atoms with van der Waals surface area (Å²) in [4.78, 5) is 42.6. The van der Waals surface area contributed by atoms with Crippen LogP contribution in [0.2, 0.25) is 0 Å². The summed E-state index contributed by atoms with van der Waals surface area (Å²) in [5.41, 5.74) is 2.20. The zero-order valence-corrected chi connectivity index (χ0v) is 18.6. The lowest BCUT2D eigenvalue weighted by atomic mass is 9.77. The van der Waals surface area contributed by atoms with Gasteiger partial charge in [-0.3, -0.25) is 14.4 Å². The second-order valence-corrected chi connectivity index (χ2v) is 9.02. The molecule has 1 fully saturated rings. The minimum Gasteiger partial charge on any atom is -0.493 e. The number of esters is 1. The zero-order chi connectivity index (χ0) is 22.8. The second kappa shape index (κ2) is 7.08. The Hall–Kier alpha value is -3.35. The minimum atomic E-state index is -1.43. The van der Waals surface area contributed by atoms with Gasteiger partial charge in [-0.25, -0.2) is 0 Å².